The maximum absolute atomic E-state index is 5.55. The standard InChI is InChI=1S/C11H22N4/c1-4-9(2)11(14-12)6-5-10-7-13-15(3)8-10/h7-9,11,14H,4-6,12H2,1-3H3. The molecular weight excluding hydrogens is 188 g/mol. The van der Waals surface area contributed by atoms with Crippen molar-refractivity contribution in [3.05, 3.63) is 18.0 Å². The van der Waals surface area contributed by atoms with E-state index < -0.39 is 0 Å². The molecule has 1 aromatic heterocycles. The minimum atomic E-state index is 0.398. The number of aryl methyl sites for hydroxylation is 2. The van der Waals surface area contributed by atoms with Gasteiger partial charge in [-0.2, -0.15) is 5.10 Å². The lowest BCUT2D eigenvalue weighted by molar-refractivity contribution is 0.353. The molecule has 0 amide bonds. The van der Waals surface area contributed by atoms with Crippen LogP contribution in [0.5, 0.6) is 0 Å². The van der Waals surface area contributed by atoms with E-state index >= 15 is 0 Å². The summed E-state index contributed by atoms with van der Waals surface area (Å²) < 4.78 is 1.84. The fraction of sp³-hybridized carbons (Fsp3) is 0.727. The molecule has 2 atom stereocenters. The number of nitrogens with one attached hydrogen (secondary N) is 1. The van der Waals surface area contributed by atoms with Gasteiger partial charge in [0.25, 0.3) is 0 Å². The van der Waals surface area contributed by atoms with E-state index in [0.717, 1.165) is 19.3 Å². The highest BCUT2D eigenvalue weighted by molar-refractivity contribution is 5.04. The van der Waals surface area contributed by atoms with Crippen LogP contribution in [-0.2, 0) is 13.5 Å². The number of nitrogens with two attached hydrogens (primary N) is 1. The van der Waals surface area contributed by atoms with E-state index in [-0.39, 0.29) is 0 Å². The molecule has 0 aliphatic rings. The molecule has 0 fully saturated rings. The van der Waals surface area contributed by atoms with E-state index in [9.17, 15) is 0 Å². The third-order valence-corrected chi connectivity index (χ3v) is 3.05. The second-order valence-corrected chi connectivity index (χ2v) is 4.22. The van der Waals surface area contributed by atoms with Gasteiger partial charge in [-0.1, -0.05) is 20.3 Å². The van der Waals surface area contributed by atoms with E-state index in [0.29, 0.717) is 12.0 Å². The number of hydrogen-bond donors (Lipinski definition) is 2. The van der Waals surface area contributed by atoms with Crippen molar-refractivity contribution in [2.24, 2.45) is 18.8 Å². The molecule has 1 heterocycles. The highest BCUT2D eigenvalue weighted by atomic mass is 15.2. The molecule has 3 N–H and O–H groups in total. The monoisotopic (exact) mass is 210 g/mol. The zero-order valence-corrected chi connectivity index (χ0v) is 9.90. The fourth-order valence-electron chi connectivity index (χ4n) is 1.74. The number of nitrogens with zero attached hydrogens (tertiary/aromatic N) is 2. The SMILES string of the molecule is CCC(C)C(CCc1cnn(C)c1)NN. The first-order chi connectivity index (χ1) is 7.17. The molecular formula is C11H22N4. The summed E-state index contributed by atoms with van der Waals surface area (Å²) in [4.78, 5) is 0. The van der Waals surface area contributed by atoms with Crippen molar-refractivity contribution < 1.29 is 0 Å². The van der Waals surface area contributed by atoms with Crippen LogP contribution in [0.2, 0.25) is 0 Å². The minimum absolute atomic E-state index is 0.398. The molecule has 0 radical (unpaired) electrons. The second-order valence-electron chi connectivity index (χ2n) is 4.22. The van der Waals surface area contributed by atoms with Gasteiger partial charge < -0.3 is 0 Å². The van der Waals surface area contributed by atoms with Crippen molar-refractivity contribution >= 4 is 0 Å². The van der Waals surface area contributed by atoms with Gasteiger partial charge in [0.05, 0.1) is 6.20 Å². The average Bonchev–Trinajstić information content (AvgIpc) is 2.64. The lowest BCUT2D eigenvalue weighted by Crippen LogP contribution is -2.40. The van der Waals surface area contributed by atoms with Crippen LogP contribution in [0.4, 0.5) is 0 Å². The topological polar surface area (TPSA) is 55.9 Å². The quantitative estimate of drug-likeness (QED) is 0.548. The van der Waals surface area contributed by atoms with Gasteiger partial charge in [0.2, 0.25) is 0 Å². The van der Waals surface area contributed by atoms with Gasteiger partial charge in [-0.3, -0.25) is 16.0 Å². The first-order valence-corrected chi connectivity index (χ1v) is 5.61. The first-order valence-electron chi connectivity index (χ1n) is 5.61. The van der Waals surface area contributed by atoms with E-state index in [1.165, 1.54) is 5.56 Å². The lowest BCUT2D eigenvalue weighted by atomic mass is 9.94. The third-order valence-electron chi connectivity index (χ3n) is 3.05. The van der Waals surface area contributed by atoms with Gasteiger partial charge in [-0.05, 0) is 24.3 Å². The van der Waals surface area contributed by atoms with Crippen LogP contribution in [0, 0.1) is 5.92 Å². The van der Waals surface area contributed by atoms with Crippen LogP contribution in [0.15, 0.2) is 12.4 Å². The van der Waals surface area contributed by atoms with Crippen molar-refractivity contribution in [1.29, 1.82) is 0 Å². The summed E-state index contributed by atoms with van der Waals surface area (Å²) >= 11 is 0. The zero-order chi connectivity index (χ0) is 11.3. The number of hydrazine groups is 1. The minimum Gasteiger partial charge on any atom is -0.276 e. The van der Waals surface area contributed by atoms with E-state index in [1.54, 1.807) is 0 Å². The summed E-state index contributed by atoms with van der Waals surface area (Å²) in [5, 5.41) is 4.15. The molecule has 0 aliphatic heterocycles. The Morgan fingerprint density at radius 1 is 1.60 bits per heavy atom. The van der Waals surface area contributed by atoms with Crippen LogP contribution < -0.4 is 11.3 Å². The van der Waals surface area contributed by atoms with Gasteiger partial charge in [-0.15, -0.1) is 0 Å². The predicted molar refractivity (Wildman–Crippen MR) is 62.1 cm³/mol. The Labute approximate surface area is 91.8 Å². The van der Waals surface area contributed by atoms with E-state index in [1.807, 2.05) is 17.9 Å². The van der Waals surface area contributed by atoms with Crippen molar-refractivity contribution in [2.75, 3.05) is 0 Å². The zero-order valence-electron chi connectivity index (χ0n) is 9.90. The summed E-state index contributed by atoms with van der Waals surface area (Å²) in [7, 11) is 1.94. The molecule has 0 bridgehead atoms. The maximum Gasteiger partial charge on any atom is 0.0521 e. The van der Waals surface area contributed by atoms with Crippen LogP contribution in [-0.4, -0.2) is 15.8 Å². The molecule has 86 valence electrons. The summed E-state index contributed by atoms with van der Waals surface area (Å²) in [6, 6.07) is 0.398. The third kappa shape index (κ3) is 3.64. The molecule has 4 nitrogen and oxygen atoms in total. The molecule has 1 aromatic rings. The molecule has 15 heavy (non-hydrogen) atoms. The first kappa shape index (κ1) is 12.2. The van der Waals surface area contributed by atoms with Gasteiger partial charge in [-0.25, -0.2) is 0 Å². The largest absolute Gasteiger partial charge is 0.276 e. The van der Waals surface area contributed by atoms with Gasteiger partial charge in [0.1, 0.15) is 0 Å². The molecule has 0 aromatic carbocycles. The molecule has 0 saturated heterocycles. The lowest BCUT2D eigenvalue weighted by Gasteiger charge is -2.21. The number of hydrogen-bond acceptors (Lipinski definition) is 3. The van der Waals surface area contributed by atoms with Crippen molar-refractivity contribution in [3.63, 3.8) is 0 Å². The Morgan fingerprint density at radius 3 is 2.80 bits per heavy atom. The Kier molecular flexibility index (Phi) is 4.78. The van der Waals surface area contributed by atoms with Gasteiger partial charge in [0.15, 0.2) is 0 Å². The van der Waals surface area contributed by atoms with Gasteiger partial charge in [0, 0.05) is 19.3 Å². The number of rotatable bonds is 6. The summed E-state index contributed by atoms with van der Waals surface area (Å²) in [6.07, 6.45) is 7.24. The Balaban J connectivity index is 2.40. The van der Waals surface area contributed by atoms with Crippen LogP contribution >= 0.6 is 0 Å². The molecule has 0 saturated carbocycles. The Bertz CT molecular complexity index is 282. The Morgan fingerprint density at radius 2 is 2.33 bits per heavy atom. The van der Waals surface area contributed by atoms with Crippen LogP contribution in [0.3, 0.4) is 0 Å². The highest BCUT2D eigenvalue weighted by Crippen LogP contribution is 2.13. The van der Waals surface area contributed by atoms with Crippen LogP contribution in [0.1, 0.15) is 32.3 Å². The fourth-order valence-corrected chi connectivity index (χ4v) is 1.74. The summed E-state index contributed by atoms with van der Waals surface area (Å²) in [6.45, 7) is 4.42. The molecule has 2 unspecified atom stereocenters. The average molecular weight is 210 g/mol. The molecule has 0 spiro atoms. The highest BCUT2D eigenvalue weighted by Gasteiger charge is 2.13. The van der Waals surface area contributed by atoms with Crippen molar-refractivity contribution in [2.45, 2.75) is 39.2 Å². The molecule has 1 rings (SSSR count). The normalized spacial score (nSPS) is 15.2. The number of aromatic nitrogens is 2. The van der Waals surface area contributed by atoms with E-state index in [2.05, 4.69) is 30.6 Å². The maximum atomic E-state index is 5.55. The van der Waals surface area contributed by atoms with E-state index in [4.69, 9.17) is 5.84 Å². The second kappa shape index (κ2) is 5.88. The predicted octanol–water partition coefficient (Wildman–Crippen LogP) is 1.23. The smallest absolute Gasteiger partial charge is 0.0521 e. The van der Waals surface area contributed by atoms with Crippen molar-refractivity contribution in [3.8, 4) is 0 Å². The summed E-state index contributed by atoms with van der Waals surface area (Å²) in [5.41, 5.74) is 4.18. The van der Waals surface area contributed by atoms with Crippen LogP contribution in [0.25, 0.3) is 0 Å². The summed E-state index contributed by atoms with van der Waals surface area (Å²) in [5.74, 6) is 6.17. The molecule has 4 heteroatoms. The Hall–Kier alpha value is -0.870. The van der Waals surface area contributed by atoms with Gasteiger partial charge >= 0.3 is 0 Å². The van der Waals surface area contributed by atoms with Crippen molar-refractivity contribution in [1.82, 2.24) is 15.2 Å². The molecule has 0 aliphatic carbocycles.